The molecule has 0 aliphatic rings. The average Bonchev–Trinajstić information content (AvgIpc) is 2.30. The van der Waals surface area contributed by atoms with Gasteiger partial charge in [-0.1, -0.05) is 41.9 Å². The topological polar surface area (TPSA) is 37.3 Å². The molecule has 0 spiro atoms. The molecule has 2 aromatic rings. The number of carbonyl (C=O) groups is 1. The van der Waals surface area contributed by atoms with Crippen LogP contribution in [0.4, 0.5) is 0 Å². The summed E-state index contributed by atoms with van der Waals surface area (Å²) < 4.78 is 0. The Morgan fingerprint density at radius 2 is 1.31 bits per heavy atom. The predicted molar refractivity (Wildman–Crippen MR) is 67.0 cm³/mol. The van der Waals surface area contributed by atoms with E-state index in [2.05, 4.69) is 0 Å². The molecule has 0 saturated heterocycles. The molecule has 2 nitrogen and oxygen atoms in total. The van der Waals surface area contributed by atoms with Crippen molar-refractivity contribution in [2.45, 2.75) is 0 Å². The highest BCUT2D eigenvalue weighted by Crippen LogP contribution is 2.18. The van der Waals surface area contributed by atoms with Crippen molar-refractivity contribution in [3.8, 4) is 11.1 Å². The quantitative estimate of drug-likeness (QED) is 0.758. The summed E-state index contributed by atoms with van der Waals surface area (Å²) in [7, 11) is 2.04. The van der Waals surface area contributed by atoms with E-state index < -0.39 is 5.97 Å². The Kier molecular flexibility index (Phi) is 2.77. The summed E-state index contributed by atoms with van der Waals surface area (Å²) in [6.45, 7) is 0. The average molecular weight is 210 g/mol. The van der Waals surface area contributed by atoms with Crippen LogP contribution >= 0.6 is 0 Å². The summed E-state index contributed by atoms with van der Waals surface area (Å²) in [4.78, 5) is 10.7. The number of hydrogen-bond donors (Lipinski definition) is 1. The Morgan fingerprint density at radius 1 is 0.875 bits per heavy atom. The number of benzene rings is 2. The van der Waals surface area contributed by atoms with Gasteiger partial charge in [0.1, 0.15) is 7.85 Å². The second-order valence-corrected chi connectivity index (χ2v) is 3.75. The minimum atomic E-state index is -0.893. The Labute approximate surface area is 95.0 Å². The number of carboxylic acid groups (broad SMARTS) is 1. The Morgan fingerprint density at radius 3 is 1.75 bits per heavy atom. The molecule has 3 heteroatoms. The van der Waals surface area contributed by atoms with Crippen LogP contribution in [0.1, 0.15) is 10.4 Å². The molecule has 0 aliphatic carbocycles. The SMILES string of the molecule is Bc1ccc(-c2ccc(C(=O)O)cc2)cc1. The highest BCUT2D eigenvalue weighted by atomic mass is 16.4. The van der Waals surface area contributed by atoms with E-state index in [9.17, 15) is 4.79 Å². The minimum Gasteiger partial charge on any atom is -0.478 e. The first kappa shape index (κ1) is 10.5. The van der Waals surface area contributed by atoms with Gasteiger partial charge in [0.15, 0.2) is 0 Å². The lowest BCUT2D eigenvalue weighted by molar-refractivity contribution is 0.0697. The van der Waals surface area contributed by atoms with Gasteiger partial charge in [0.25, 0.3) is 0 Å². The molecular weight excluding hydrogens is 199 g/mol. The van der Waals surface area contributed by atoms with Gasteiger partial charge in [0.05, 0.1) is 5.56 Å². The van der Waals surface area contributed by atoms with Gasteiger partial charge < -0.3 is 5.11 Å². The van der Waals surface area contributed by atoms with Crippen molar-refractivity contribution in [2.75, 3.05) is 0 Å². The molecule has 1 N–H and O–H groups in total. The molecule has 0 aromatic heterocycles. The molecule has 0 unspecified atom stereocenters. The minimum absolute atomic E-state index is 0.316. The van der Waals surface area contributed by atoms with Crippen LogP contribution in [0.25, 0.3) is 11.1 Å². The number of aromatic carboxylic acids is 1. The van der Waals surface area contributed by atoms with Crippen LogP contribution in [0.5, 0.6) is 0 Å². The first-order valence-corrected chi connectivity index (χ1v) is 5.07. The van der Waals surface area contributed by atoms with Crippen molar-refractivity contribution < 1.29 is 9.90 Å². The van der Waals surface area contributed by atoms with Gasteiger partial charge in [0, 0.05) is 0 Å². The van der Waals surface area contributed by atoms with Crippen LogP contribution in [0.15, 0.2) is 48.5 Å². The largest absolute Gasteiger partial charge is 0.478 e. The number of hydrogen-bond acceptors (Lipinski definition) is 1. The van der Waals surface area contributed by atoms with Crippen molar-refractivity contribution in [3.63, 3.8) is 0 Å². The van der Waals surface area contributed by atoms with Gasteiger partial charge in [-0.15, -0.1) is 0 Å². The lowest BCUT2D eigenvalue weighted by Gasteiger charge is -2.02. The molecule has 0 atom stereocenters. The predicted octanol–water partition coefficient (Wildman–Crippen LogP) is 1.31. The van der Waals surface area contributed by atoms with Crippen LogP contribution in [-0.4, -0.2) is 18.9 Å². The van der Waals surface area contributed by atoms with E-state index in [1.165, 1.54) is 5.46 Å². The third kappa shape index (κ3) is 2.14. The molecule has 0 fully saturated rings. The van der Waals surface area contributed by atoms with E-state index in [1.807, 2.05) is 44.2 Å². The molecular formula is C13H11BO2. The summed E-state index contributed by atoms with van der Waals surface area (Å²) in [5.74, 6) is -0.893. The summed E-state index contributed by atoms with van der Waals surface area (Å²) >= 11 is 0. The maximum Gasteiger partial charge on any atom is 0.335 e. The van der Waals surface area contributed by atoms with Gasteiger partial charge in [-0.05, 0) is 23.3 Å². The standard InChI is InChI=1S/C13H11BO2/c14-12-7-5-10(6-8-12)9-1-3-11(4-2-9)13(15)16/h1-8H,14H2,(H,15,16). The smallest absolute Gasteiger partial charge is 0.335 e. The van der Waals surface area contributed by atoms with Gasteiger partial charge in [-0.3, -0.25) is 0 Å². The molecule has 16 heavy (non-hydrogen) atoms. The summed E-state index contributed by atoms with van der Waals surface area (Å²) in [6, 6.07) is 15.0. The Bertz CT molecular complexity index is 500. The summed E-state index contributed by atoms with van der Waals surface area (Å²) in [5.41, 5.74) is 3.66. The fraction of sp³-hybridized carbons (Fsp3) is 0. The maximum atomic E-state index is 10.7. The molecule has 2 rings (SSSR count). The van der Waals surface area contributed by atoms with E-state index in [1.54, 1.807) is 12.1 Å². The van der Waals surface area contributed by atoms with E-state index in [-0.39, 0.29) is 0 Å². The summed E-state index contributed by atoms with van der Waals surface area (Å²) in [5, 5.41) is 8.78. The zero-order chi connectivity index (χ0) is 11.5. The molecule has 0 saturated carbocycles. The van der Waals surface area contributed by atoms with Crippen molar-refractivity contribution >= 4 is 19.3 Å². The highest BCUT2D eigenvalue weighted by molar-refractivity contribution is 6.32. The third-order valence-corrected chi connectivity index (χ3v) is 2.52. The zero-order valence-corrected chi connectivity index (χ0v) is 8.97. The van der Waals surface area contributed by atoms with Gasteiger partial charge in [-0.25, -0.2) is 4.79 Å². The number of rotatable bonds is 2. The zero-order valence-electron chi connectivity index (χ0n) is 8.97. The molecule has 2 aromatic carbocycles. The fourth-order valence-corrected chi connectivity index (χ4v) is 1.55. The van der Waals surface area contributed by atoms with Crippen molar-refractivity contribution in [2.24, 2.45) is 0 Å². The molecule has 0 amide bonds. The lowest BCUT2D eigenvalue weighted by Crippen LogP contribution is -1.99. The van der Waals surface area contributed by atoms with Crippen LogP contribution in [0.3, 0.4) is 0 Å². The fourth-order valence-electron chi connectivity index (χ4n) is 1.55. The van der Waals surface area contributed by atoms with Crippen molar-refractivity contribution in [1.29, 1.82) is 0 Å². The third-order valence-electron chi connectivity index (χ3n) is 2.52. The van der Waals surface area contributed by atoms with Crippen molar-refractivity contribution in [1.82, 2.24) is 0 Å². The molecule has 0 bridgehead atoms. The van der Waals surface area contributed by atoms with Crippen molar-refractivity contribution in [3.05, 3.63) is 54.1 Å². The van der Waals surface area contributed by atoms with Crippen LogP contribution in [0.2, 0.25) is 0 Å². The molecule has 0 aliphatic heterocycles. The Balaban J connectivity index is 2.34. The molecule has 78 valence electrons. The first-order valence-electron chi connectivity index (χ1n) is 5.07. The van der Waals surface area contributed by atoms with E-state index in [4.69, 9.17) is 5.11 Å². The van der Waals surface area contributed by atoms with Gasteiger partial charge in [-0.2, -0.15) is 0 Å². The molecule has 0 heterocycles. The first-order chi connectivity index (χ1) is 7.66. The highest BCUT2D eigenvalue weighted by Gasteiger charge is 2.02. The van der Waals surface area contributed by atoms with Crippen LogP contribution in [-0.2, 0) is 0 Å². The second-order valence-electron chi connectivity index (χ2n) is 3.75. The Hall–Kier alpha value is -2.03. The second kappa shape index (κ2) is 4.23. The van der Waals surface area contributed by atoms with Crippen LogP contribution in [0, 0.1) is 0 Å². The van der Waals surface area contributed by atoms with Crippen LogP contribution < -0.4 is 5.46 Å². The monoisotopic (exact) mass is 210 g/mol. The van der Waals surface area contributed by atoms with E-state index in [0.717, 1.165) is 11.1 Å². The van der Waals surface area contributed by atoms with E-state index >= 15 is 0 Å². The van der Waals surface area contributed by atoms with Gasteiger partial charge in [0.2, 0.25) is 0 Å². The lowest BCUT2D eigenvalue weighted by atomic mass is 9.93. The molecule has 0 radical (unpaired) electrons. The number of carboxylic acids is 1. The summed E-state index contributed by atoms with van der Waals surface area (Å²) in [6.07, 6.45) is 0. The van der Waals surface area contributed by atoms with Gasteiger partial charge >= 0.3 is 5.97 Å². The normalized spacial score (nSPS) is 10.0. The maximum absolute atomic E-state index is 10.7. The van der Waals surface area contributed by atoms with E-state index in [0.29, 0.717) is 5.56 Å².